The fourth-order valence-corrected chi connectivity index (χ4v) is 1.01. The van der Waals surface area contributed by atoms with Crippen LogP contribution in [-0.2, 0) is 0 Å². The van der Waals surface area contributed by atoms with Gasteiger partial charge in [-0.25, -0.2) is 4.98 Å². The third-order valence-electron chi connectivity index (χ3n) is 1.59. The largest absolute Gasteiger partial charge is 0.355 e. The zero-order valence-corrected chi connectivity index (χ0v) is 7.27. The van der Waals surface area contributed by atoms with Crippen molar-refractivity contribution in [3.8, 4) is 0 Å². The highest BCUT2D eigenvalue weighted by molar-refractivity contribution is 5.33. The number of hydrogen-bond donors (Lipinski definition) is 1. The molecule has 0 amide bonds. The zero-order valence-electron chi connectivity index (χ0n) is 7.27. The Balaban J connectivity index is 3.43. The summed E-state index contributed by atoms with van der Waals surface area (Å²) < 4.78 is 0. The monoisotopic (exact) mass is 183 g/mol. The lowest BCUT2D eigenvalue weighted by Gasteiger charge is -2.02. The predicted octanol–water partition coefficient (Wildman–Crippen LogP) is 0.801. The van der Waals surface area contributed by atoms with Crippen molar-refractivity contribution < 1.29 is 4.92 Å². The maximum Gasteiger partial charge on any atom is 0.355 e. The first-order valence-electron chi connectivity index (χ1n) is 3.76. The lowest BCUT2D eigenvalue weighted by atomic mass is 10.1. The van der Waals surface area contributed by atoms with Crippen LogP contribution in [0.5, 0.6) is 0 Å². The second-order valence-electron chi connectivity index (χ2n) is 2.88. The number of rotatable bonds is 2. The molecule has 0 unspecified atom stereocenters. The van der Waals surface area contributed by atoms with Gasteiger partial charge < -0.3 is 4.98 Å². The summed E-state index contributed by atoms with van der Waals surface area (Å²) in [6.07, 6.45) is 1.17. The Morgan fingerprint density at radius 2 is 2.23 bits per heavy atom. The first kappa shape index (κ1) is 9.37. The molecule has 0 spiro atoms. The summed E-state index contributed by atoms with van der Waals surface area (Å²) in [6, 6.07) is 0. The van der Waals surface area contributed by atoms with Crippen molar-refractivity contribution in [2.45, 2.75) is 19.8 Å². The maximum absolute atomic E-state index is 11.0. The van der Waals surface area contributed by atoms with Crippen LogP contribution in [0.25, 0.3) is 0 Å². The molecule has 1 rings (SSSR count). The number of H-pyrrole nitrogens is 1. The summed E-state index contributed by atoms with van der Waals surface area (Å²) in [5, 5.41) is 10.5. The molecular weight excluding hydrogens is 174 g/mol. The quantitative estimate of drug-likeness (QED) is 0.542. The van der Waals surface area contributed by atoms with E-state index in [1.807, 2.05) is 0 Å². The van der Waals surface area contributed by atoms with E-state index < -0.39 is 16.2 Å². The molecule has 13 heavy (non-hydrogen) atoms. The van der Waals surface area contributed by atoms with Gasteiger partial charge in [0.25, 0.3) is 0 Å². The molecule has 0 saturated carbocycles. The van der Waals surface area contributed by atoms with E-state index in [1.54, 1.807) is 13.8 Å². The molecule has 1 aromatic heterocycles. The molecular formula is C7H9N3O3. The highest BCUT2D eigenvalue weighted by atomic mass is 16.6. The molecule has 1 N–H and O–H groups in total. The number of nitrogens with one attached hydrogen (secondary N) is 1. The summed E-state index contributed by atoms with van der Waals surface area (Å²) in [5.74, 6) is -0.136. The molecule has 1 heterocycles. The Morgan fingerprint density at radius 1 is 1.62 bits per heavy atom. The van der Waals surface area contributed by atoms with Gasteiger partial charge in [-0.05, 0) is 0 Å². The van der Waals surface area contributed by atoms with Crippen molar-refractivity contribution in [1.82, 2.24) is 9.97 Å². The van der Waals surface area contributed by atoms with Gasteiger partial charge in [0.05, 0.1) is 11.3 Å². The summed E-state index contributed by atoms with van der Waals surface area (Å²) in [4.78, 5) is 26.8. The van der Waals surface area contributed by atoms with Gasteiger partial charge in [0.2, 0.25) is 0 Å². The van der Waals surface area contributed by atoms with Gasteiger partial charge in [-0.1, -0.05) is 13.8 Å². The Hall–Kier alpha value is -1.72. The average Bonchev–Trinajstić information content (AvgIpc) is 2.02. The first-order valence-corrected chi connectivity index (χ1v) is 3.76. The first-order chi connectivity index (χ1) is 6.04. The van der Waals surface area contributed by atoms with Gasteiger partial charge in [-0.15, -0.1) is 0 Å². The molecule has 70 valence electrons. The minimum Gasteiger partial charge on any atom is -0.307 e. The van der Waals surface area contributed by atoms with E-state index in [4.69, 9.17) is 0 Å². The van der Waals surface area contributed by atoms with Crippen LogP contribution < -0.4 is 5.56 Å². The SMILES string of the molecule is CC(C)c1nc[nH]c(=O)c1[N+](=O)[O-]. The molecule has 0 saturated heterocycles. The Morgan fingerprint density at radius 3 is 2.62 bits per heavy atom. The molecule has 0 aliphatic rings. The summed E-state index contributed by atoms with van der Waals surface area (Å²) in [5.41, 5.74) is -0.949. The van der Waals surface area contributed by atoms with Gasteiger partial charge in [0.15, 0.2) is 0 Å². The minimum absolute atomic E-state index is 0.136. The van der Waals surface area contributed by atoms with Crippen LogP contribution in [-0.4, -0.2) is 14.9 Å². The number of hydrogen-bond acceptors (Lipinski definition) is 4. The minimum atomic E-state index is -0.707. The fourth-order valence-electron chi connectivity index (χ4n) is 1.01. The van der Waals surface area contributed by atoms with Crippen molar-refractivity contribution in [2.24, 2.45) is 0 Å². The molecule has 0 bridgehead atoms. The zero-order chi connectivity index (χ0) is 10.0. The van der Waals surface area contributed by atoms with Gasteiger partial charge in [0, 0.05) is 5.92 Å². The summed E-state index contributed by atoms with van der Waals surface area (Å²) in [7, 11) is 0. The van der Waals surface area contributed by atoms with E-state index in [0.29, 0.717) is 0 Å². The van der Waals surface area contributed by atoms with Crippen LogP contribution >= 0.6 is 0 Å². The van der Waals surface area contributed by atoms with Crippen LogP contribution in [0.1, 0.15) is 25.5 Å². The van der Waals surface area contributed by atoms with Crippen LogP contribution in [0.4, 0.5) is 5.69 Å². The van der Waals surface area contributed by atoms with Crippen molar-refractivity contribution in [2.75, 3.05) is 0 Å². The van der Waals surface area contributed by atoms with E-state index in [-0.39, 0.29) is 11.6 Å². The second-order valence-corrected chi connectivity index (χ2v) is 2.88. The molecule has 0 atom stereocenters. The topological polar surface area (TPSA) is 88.9 Å². The number of nitrogens with zero attached hydrogens (tertiary/aromatic N) is 2. The lowest BCUT2D eigenvalue weighted by Crippen LogP contribution is -2.15. The molecule has 0 radical (unpaired) electrons. The third-order valence-corrected chi connectivity index (χ3v) is 1.59. The number of aromatic amines is 1. The predicted molar refractivity (Wildman–Crippen MR) is 45.6 cm³/mol. The average molecular weight is 183 g/mol. The van der Waals surface area contributed by atoms with Gasteiger partial charge in [-0.2, -0.15) is 0 Å². The second kappa shape index (κ2) is 3.34. The van der Waals surface area contributed by atoms with Crippen LogP contribution in [0.2, 0.25) is 0 Å². The van der Waals surface area contributed by atoms with E-state index in [9.17, 15) is 14.9 Å². The Labute approximate surface area is 73.8 Å². The molecule has 0 aliphatic heterocycles. The molecule has 1 aromatic rings. The molecule has 0 aromatic carbocycles. The van der Waals surface area contributed by atoms with Crippen LogP contribution in [0.3, 0.4) is 0 Å². The van der Waals surface area contributed by atoms with E-state index in [1.165, 1.54) is 6.33 Å². The summed E-state index contributed by atoms with van der Waals surface area (Å²) in [6.45, 7) is 3.49. The van der Waals surface area contributed by atoms with Crippen molar-refractivity contribution >= 4 is 5.69 Å². The number of nitro groups is 1. The van der Waals surface area contributed by atoms with Gasteiger partial charge in [0.1, 0.15) is 5.69 Å². The smallest absolute Gasteiger partial charge is 0.307 e. The molecule has 0 fully saturated rings. The van der Waals surface area contributed by atoms with Gasteiger partial charge in [-0.3, -0.25) is 14.9 Å². The highest BCUT2D eigenvalue weighted by Gasteiger charge is 2.21. The van der Waals surface area contributed by atoms with E-state index in [0.717, 1.165) is 0 Å². The highest BCUT2D eigenvalue weighted by Crippen LogP contribution is 2.18. The van der Waals surface area contributed by atoms with Crippen molar-refractivity contribution in [3.63, 3.8) is 0 Å². The third kappa shape index (κ3) is 1.71. The Bertz CT molecular complexity index is 383. The number of aromatic nitrogens is 2. The van der Waals surface area contributed by atoms with Crippen molar-refractivity contribution in [1.29, 1.82) is 0 Å². The van der Waals surface area contributed by atoms with E-state index in [2.05, 4.69) is 9.97 Å². The standard InChI is InChI=1S/C7H9N3O3/c1-4(2)5-6(10(12)13)7(11)9-3-8-5/h3-4H,1-2H3,(H,8,9,11). The van der Waals surface area contributed by atoms with Crippen LogP contribution in [0, 0.1) is 10.1 Å². The van der Waals surface area contributed by atoms with Gasteiger partial charge >= 0.3 is 11.2 Å². The van der Waals surface area contributed by atoms with Crippen molar-refractivity contribution in [3.05, 3.63) is 32.5 Å². The molecule has 6 heteroatoms. The summed E-state index contributed by atoms with van der Waals surface area (Å²) >= 11 is 0. The normalized spacial score (nSPS) is 10.4. The van der Waals surface area contributed by atoms with E-state index >= 15 is 0 Å². The Kier molecular flexibility index (Phi) is 2.41. The molecule has 6 nitrogen and oxygen atoms in total. The maximum atomic E-state index is 11.0. The lowest BCUT2D eigenvalue weighted by molar-refractivity contribution is -0.387. The molecule has 0 aliphatic carbocycles. The fraction of sp³-hybridized carbons (Fsp3) is 0.429. The van der Waals surface area contributed by atoms with Crippen LogP contribution in [0.15, 0.2) is 11.1 Å².